The summed E-state index contributed by atoms with van der Waals surface area (Å²) in [6, 6.07) is 21.9. The molecule has 0 aliphatic rings. The van der Waals surface area contributed by atoms with E-state index in [0.29, 0.717) is 0 Å². The van der Waals surface area contributed by atoms with E-state index in [-0.39, 0.29) is 0 Å². The summed E-state index contributed by atoms with van der Waals surface area (Å²) in [4.78, 5) is 1.05. The Morgan fingerprint density at radius 3 is 1.54 bits per heavy atom. The standard InChI is InChI=1S/C18H12Cl2S.BF4/c19-14-8-4-12(5-9-14)16-2-1-3-17(21)18(16)13-6-10-15(20)11-7-13;2-1(3,4)5/h1-11,21H;/q;-1/p+1. The zero-order valence-electron chi connectivity index (χ0n) is 13.2. The van der Waals surface area contributed by atoms with Crippen LogP contribution in [0.3, 0.4) is 0 Å². The first-order valence-electron chi connectivity index (χ1n) is 7.39. The second-order valence-electron chi connectivity index (χ2n) is 5.24. The molecular formula is C18H13BCl2F4S. The van der Waals surface area contributed by atoms with Gasteiger partial charge in [0, 0.05) is 15.6 Å². The summed E-state index contributed by atoms with van der Waals surface area (Å²) in [5.74, 6) is 0. The summed E-state index contributed by atoms with van der Waals surface area (Å²) in [5, 5.41) is 1.47. The van der Waals surface area contributed by atoms with Gasteiger partial charge in [-0.25, -0.2) is 0 Å². The van der Waals surface area contributed by atoms with Crippen molar-refractivity contribution < 1.29 is 17.3 Å². The van der Waals surface area contributed by atoms with Crippen LogP contribution in [0, 0.1) is 0 Å². The van der Waals surface area contributed by atoms with Crippen LogP contribution in [-0.4, -0.2) is 7.25 Å². The van der Waals surface area contributed by atoms with E-state index in [9.17, 15) is 17.3 Å². The van der Waals surface area contributed by atoms with Crippen molar-refractivity contribution in [3.05, 3.63) is 76.8 Å². The molecule has 0 aliphatic heterocycles. The van der Waals surface area contributed by atoms with Gasteiger partial charge in [-0.2, -0.15) is 0 Å². The Morgan fingerprint density at radius 2 is 1.08 bits per heavy atom. The van der Waals surface area contributed by atoms with Crippen LogP contribution in [0.25, 0.3) is 22.3 Å². The molecule has 0 N–H and O–H groups in total. The fourth-order valence-electron chi connectivity index (χ4n) is 2.35. The molecule has 0 nitrogen and oxygen atoms in total. The van der Waals surface area contributed by atoms with E-state index in [1.807, 2.05) is 60.7 Å². The molecule has 0 radical (unpaired) electrons. The molecule has 0 amide bonds. The molecule has 0 bridgehead atoms. The highest BCUT2D eigenvalue weighted by Gasteiger charge is 2.20. The zero-order valence-corrected chi connectivity index (χ0v) is 15.7. The van der Waals surface area contributed by atoms with Crippen LogP contribution < -0.4 is 0 Å². The fourth-order valence-corrected chi connectivity index (χ4v) is 2.98. The third-order valence-electron chi connectivity index (χ3n) is 3.35. The fraction of sp³-hybridized carbons (Fsp3) is 0. The second-order valence-corrected chi connectivity index (χ2v) is 6.65. The second kappa shape index (κ2) is 8.84. The van der Waals surface area contributed by atoms with Gasteiger partial charge in [0.25, 0.3) is 0 Å². The number of benzene rings is 3. The SMILES string of the molecule is F[B-](F)(F)F.[SH2+]c1cccc(-c2ccc(Cl)cc2)c1-c1ccc(Cl)cc1. The smallest absolute Gasteiger partial charge is 0.418 e. The minimum atomic E-state index is -6.00. The lowest BCUT2D eigenvalue weighted by Gasteiger charge is -2.10. The van der Waals surface area contributed by atoms with Crippen molar-refractivity contribution in [1.29, 1.82) is 0 Å². The Labute approximate surface area is 164 Å². The first kappa shape index (κ1) is 20.7. The third kappa shape index (κ3) is 6.27. The van der Waals surface area contributed by atoms with Crippen molar-refractivity contribution >= 4 is 43.1 Å². The van der Waals surface area contributed by atoms with Gasteiger partial charge in [0.2, 0.25) is 0 Å². The molecule has 8 heteroatoms. The van der Waals surface area contributed by atoms with Crippen LogP contribution in [0.1, 0.15) is 0 Å². The monoisotopic (exact) mass is 418 g/mol. The molecule has 0 saturated heterocycles. The molecule has 0 saturated carbocycles. The van der Waals surface area contributed by atoms with E-state index >= 15 is 0 Å². The molecule has 3 aromatic carbocycles. The predicted octanol–water partition coefficient (Wildman–Crippen LogP) is 7.00. The van der Waals surface area contributed by atoms with Crippen molar-refractivity contribution in [1.82, 2.24) is 0 Å². The Hall–Kier alpha value is -1.63. The Kier molecular flexibility index (Phi) is 7.04. The Morgan fingerprint density at radius 1 is 0.654 bits per heavy atom. The van der Waals surface area contributed by atoms with E-state index in [2.05, 4.69) is 18.7 Å². The lowest BCUT2D eigenvalue weighted by atomic mass is 9.94. The minimum Gasteiger partial charge on any atom is -0.418 e. The van der Waals surface area contributed by atoms with Crippen molar-refractivity contribution in [3.63, 3.8) is 0 Å². The molecule has 0 aromatic heterocycles. The Balaban J connectivity index is 0.000000431. The molecule has 136 valence electrons. The molecule has 0 unspecified atom stereocenters. The predicted molar refractivity (Wildman–Crippen MR) is 106 cm³/mol. The summed E-state index contributed by atoms with van der Waals surface area (Å²) < 4.78 is 39.0. The summed E-state index contributed by atoms with van der Waals surface area (Å²) in [6.45, 7) is 0. The molecule has 0 atom stereocenters. The van der Waals surface area contributed by atoms with Gasteiger partial charge in [-0.15, -0.1) is 0 Å². The average Bonchev–Trinajstić information content (AvgIpc) is 2.55. The number of rotatable bonds is 2. The topological polar surface area (TPSA) is 0 Å². The molecule has 0 heterocycles. The van der Waals surface area contributed by atoms with Gasteiger partial charge in [-0.05, 0) is 59.7 Å². The van der Waals surface area contributed by atoms with E-state index in [1.165, 1.54) is 0 Å². The van der Waals surface area contributed by atoms with Gasteiger partial charge in [0.05, 0.1) is 0 Å². The summed E-state index contributed by atoms with van der Waals surface area (Å²) >= 11 is 15.7. The van der Waals surface area contributed by atoms with Crippen LogP contribution in [0.15, 0.2) is 71.6 Å². The summed E-state index contributed by atoms with van der Waals surface area (Å²) in [5.41, 5.74) is 4.55. The van der Waals surface area contributed by atoms with Crippen molar-refractivity contribution in [2.24, 2.45) is 0 Å². The molecule has 26 heavy (non-hydrogen) atoms. The molecule has 3 rings (SSSR count). The molecule has 0 fully saturated rings. The molecule has 3 aromatic rings. The lowest BCUT2D eigenvalue weighted by Crippen LogP contribution is -2.02. The van der Waals surface area contributed by atoms with Gasteiger partial charge in [-0.3, -0.25) is 0 Å². The van der Waals surface area contributed by atoms with Crippen molar-refractivity contribution in [3.8, 4) is 22.3 Å². The van der Waals surface area contributed by atoms with Crippen LogP contribution >= 0.6 is 23.2 Å². The molecular weight excluding hydrogens is 406 g/mol. The highest BCUT2D eigenvalue weighted by molar-refractivity contribution is 7.59. The lowest BCUT2D eigenvalue weighted by molar-refractivity contribution is 0.368. The maximum absolute atomic E-state index is 9.75. The van der Waals surface area contributed by atoms with Crippen LogP contribution in [-0.2, 0) is 12.6 Å². The van der Waals surface area contributed by atoms with Gasteiger partial charge in [0.1, 0.15) is 0 Å². The van der Waals surface area contributed by atoms with Crippen LogP contribution in [0.2, 0.25) is 10.0 Å². The quantitative estimate of drug-likeness (QED) is 0.239. The van der Waals surface area contributed by atoms with E-state index in [1.54, 1.807) is 0 Å². The maximum atomic E-state index is 9.75. The normalized spacial score (nSPS) is 10.9. The summed E-state index contributed by atoms with van der Waals surface area (Å²) in [7, 11) is -6.00. The minimum absolute atomic E-state index is 0.734. The molecule has 0 aliphatic carbocycles. The number of hydrogen-bond acceptors (Lipinski definition) is 0. The van der Waals surface area contributed by atoms with Gasteiger partial charge < -0.3 is 17.3 Å². The largest absolute Gasteiger partial charge is 0.673 e. The van der Waals surface area contributed by atoms with E-state index < -0.39 is 7.25 Å². The highest BCUT2D eigenvalue weighted by atomic mass is 35.5. The third-order valence-corrected chi connectivity index (χ3v) is 4.27. The van der Waals surface area contributed by atoms with Gasteiger partial charge >= 0.3 is 7.25 Å². The Bertz CT molecular complexity index is 860. The highest BCUT2D eigenvalue weighted by Crippen LogP contribution is 2.35. The van der Waals surface area contributed by atoms with Gasteiger partial charge in [0.15, 0.2) is 4.90 Å². The van der Waals surface area contributed by atoms with Crippen molar-refractivity contribution in [2.75, 3.05) is 0 Å². The molecule has 0 spiro atoms. The maximum Gasteiger partial charge on any atom is 0.673 e. The van der Waals surface area contributed by atoms with E-state index in [4.69, 9.17) is 23.2 Å². The number of halogens is 6. The van der Waals surface area contributed by atoms with Gasteiger partial charge in [-0.1, -0.05) is 59.6 Å². The van der Waals surface area contributed by atoms with E-state index in [0.717, 1.165) is 37.2 Å². The average molecular weight is 419 g/mol. The number of hydrogen-bond donors (Lipinski definition) is 0. The first-order chi connectivity index (χ1) is 12.1. The zero-order chi connectivity index (χ0) is 19.3. The van der Waals surface area contributed by atoms with Crippen LogP contribution in [0.4, 0.5) is 17.3 Å². The van der Waals surface area contributed by atoms with Crippen molar-refractivity contribution in [2.45, 2.75) is 4.90 Å². The van der Waals surface area contributed by atoms with Crippen LogP contribution in [0.5, 0.6) is 0 Å². The first-order valence-corrected chi connectivity index (χ1v) is 8.64. The summed E-state index contributed by atoms with van der Waals surface area (Å²) in [6.07, 6.45) is 0.